The zero-order valence-corrected chi connectivity index (χ0v) is 20.5. The van der Waals surface area contributed by atoms with Gasteiger partial charge in [0.05, 0.1) is 13.3 Å². The fourth-order valence-electron chi connectivity index (χ4n) is 4.29. The number of aryl methyl sites for hydroxylation is 1. The lowest BCUT2D eigenvalue weighted by Gasteiger charge is -2.32. The van der Waals surface area contributed by atoms with Crippen molar-refractivity contribution in [2.75, 3.05) is 45.7 Å². The Morgan fingerprint density at radius 2 is 1.86 bits per heavy atom. The summed E-state index contributed by atoms with van der Waals surface area (Å²) in [5, 5.41) is 8.34. The molecule has 2 aromatic carbocycles. The molecule has 1 amide bonds. The van der Waals surface area contributed by atoms with Gasteiger partial charge in [-0.15, -0.1) is 6.42 Å². The Kier molecular flexibility index (Phi) is 6.27. The standard InChI is InChI=1S/C27H27N7O2/c1-5-18-10-21-15-28-27(31-25(21)24(11-18)36-4)30-23-13-19(22-16-29-33(3)17-22)12-20(14-23)26(35)34-8-6-32(2)7-9-34/h1,10-17H,6-9H2,2-4H3,(H,28,30,31). The second kappa shape index (κ2) is 9.68. The van der Waals surface area contributed by atoms with E-state index in [1.165, 1.54) is 0 Å². The normalized spacial score (nSPS) is 14.0. The average molecular weight is 482 g/mol. The molecule has 0 aliphatic carbocycles. The fourth-order valence-corrected chi connectivity index (χ4v) is 4.29. The number of hydrogen-bond donors (Lipinski definition) is 1. The number of piperazine rings is 1. The molecule has 0 radical (unpaired) electrons. The summed E-state index contributed by atoms with van der Waals surface area (Å²) in [4.78, 5) is 26.7. The van der Waals surface area contributed by atoms with E-state index in [0.29, 0.717) is 47.1 Å². The van der Waals surface area contributed by atoms with Gasteiger partial charge in [-0.1, -0.05) is 5.92 Å². The Hall–Kier alpha value is -4.42. The summed E-state index contributed by atoms with van der Waals surface area (Å²) in [6, 6.07) is 9.33. The second-order valence-corrected chi connectivity index (χ2v) is 8.88. The molecule has 9 nitrogen and oxygen atoms in total. The molecule has 36 heavy (non-hydrogen) atoms. The van der Waals surface area contributed by atoms with Crippen molar-refractivity contribution in [3.05, 3.63) is 60.0 Å². The molecule has 0 bridgehead atoms. The van der Waals surface area contributed by atoms with Crippen LogP contribution >= 0.6 is 0 Å². The van der Waals surface area contributed by atoms with Gasteiger partial charge in [0.15, 0.2) is 0 Å². The van der Waals surface area contributed by atoms with E-state index in [-0.39, 0.29) is 5.91 Å². The van der Waals surface area contributed by atoms with Crippen molar-refractivity contribution in [1.82, 2.24) is 29.5 Å². The number of amides is 1. The number of ether oxygens (including phenoxy) is 1. The van der Waals surface area contributed by atoms with E-state index in [2.05, 4.69) is 38.3 Å². The summed E-state index contributed by atoms with van der Waals surface area (Å²) in [6.45, 7) is 3.10. The maximum atomic E-state index is 13.4. The molecule has 0 atom stereocenters. The van der Waals surface area contributed by atoms with Crippen LogP contribution in [0.5, 0.6) is 5.75 Å². The number of carbonyl (C=O) groups is 1. The number of nitrogens with one attached hydrogen (secondary N) is 1. The lowest BCUT2D eigenvalue weighted by Crippen LogP contribution is -2.47. The van der Waals surface area contributed by atoms with E-state index in [1.807, 2.05) is 42.4 Å². The number of benzene rings is 2. The number of nitrogens with zero attached hydrogens (tertiary/aromatic N) is 6. The first-order chi connectivity index (χ1) is 17.4. The zero-order chi connectivity index (χ0) is 25.2. The topological polar surface area (TPSA) is 88.4 Å². The second-order valence-electron chi connectivity index (χ2n) is 8.88. The van der Waals surface area contributed by atoms with Crippen LogP contribution in [0, 0.1) is 12.3 Å². The fraction of sp³-hybridized carbons (Fsp3) is 0.259. The van der Waals surface area contributed by atoms with Gasteiger partial charge in [-0.25, -0.2) is 9.97 Å². The summed E-state index contributed by atoms with van der Waals surface area (Å²) < 4.78 is 7.24. The van der Waals surface area contributed by atoms with Gasteiger partial charge in [-0.2, -0.15) is 5.10 Å². The van der Waals surface area contributed by atoms with Gasteiger partial charge < -0.3 is 19.9 Å². The molecule has 5 rings (SSSR count). The van der Waals surface area contributed by atoms with E-state index < -0.39 is 0 Å². The minimum absolute atomic E-state index is 0.000182. The highest BCUT2D eigenvalue weighted by atomic mass is 16.5. The minimum Gasteiger partial charge on any atom is -0.494 e. The first-order valence-electron chi connectivity index (χ1n) is 11.6. The van der Waals surface area contributed by atoms with Crippen LogP contribution in [0.15, 0.2) is 48.9 Å². The number of methoxy groups -OCH3 is 1. The largest absolute Gasteiger partial charge is 0.494 e. The quantitative estimate of drug-likeness (QED) is 0.438. The SMILES string of the molecule is C#Cc1cc(OC)c2nc(Nc3cc(C(=O)N4CCN(C)CC4)cc(-c4cnn(C)c4)c3)ncc2c1. The maximum Gasteiger partial charge on any atom is 0.254 e. The van der Waals surface area contributed by atoms with Crippen LogP contribution in [0.2, 0.25) is 0 Å². The molecule has 2 aromatic heterocycles. The molecule has 9 heteroatoms. The van der Waals surface area contributed by atoms with Crippen molar-refractivity contribution in [3.8, 4) is 29.2 Å². The number of carbonyl (C=O) groups excluding carboxylic acids is 1. The third-order valence-electron chi connectivity index (χ3n) is 6.30. The summed E-state index contributed by atoms with van der Waals surface area (Å²) in [5.74, 6) is 3.58. The number of fused-ring (bicyclic) bond motifs is 1. The molecule has 182 valence electrons. The Bertz CT molecular complexity index is 1480. The van der Waals surface area contributed by atoms with Crippen molar-refractivity contribution in [2.45, 2.75) is 0 Å². The smallest absolute Gasteiger partial charge is 0.254 e. The Morgan fingerprint density at radius 3 is 2.56 bits per heavy atom. The summed E-state index contributed by atoms with van der Waals surface area (Å²) in [7, 11) is 5.51. The van der Waals surface area contributed by atoms with Crippen LogP contribution < -0.4 is 10.1 Å². The van der Waals surface area contributed by atoms with Crippen LogP contribution in [0.25, 0.3) is 22.0 Å². The highest BCUT2D eigenvalue weighted by Gasteiger charge is 2.22. The van der Waals surface area contributed by atoms with Gasteiger partial charge >= 0.3 is 0 Å². The van der Waals surface area contributed by atoms with E-state index in [1.54, 1.807) is 30.3 Å². The lowest BCUT2D eigenvalue weighted by molar-refractivity contribution is 0.0664. The number of terminal acetylenes is 1. The predicted molar refractivity (Wildman–Crippen MR) is 139 cm³/mol. The third-order valence-corrected chi connectivity index (χ3v) is 6.30. The van der Waals surface area contributed by atoms with Crippen molar-refractivity contribution < 1.29 is 9.53 Å². The molecule has 1 aliphatic rings. The van der Waals surface area contributed by atoms with Crippen molar-refractivity contribution in [2.24, 2.45) is 7.05 Å². The molecule has 0 spiro atoms. The summed E-state index contributed by atoms with van der Waals surface area (Å²) in [5.41, 5.74) is 4.43. The van der Waals surface area contributed by atoms with Gasteiger partial charge in [-0.3, -0.25) is 9.48 Å². The van der Waals surface area contributed by atoms with E-state index in [9.17, 15) is 4.79 Å². The number of anilines is 2. The third kappa shape index (κ3) is 4.72. The molecule has 1 N–H and O–H groups in total. The Balaban J connectivity index is 1.52. The van der Waals surface area contributed by atoms with Crippen LogP contribution in [0.3, 0.4) is 0 Å². The van der Waals surface area contributed by atoms with E-state index in [4.69, 9.17) is 11.2 Å². The molecular formula is C27H27N7O2. The first kappa shape index (κ1) is 23.3. The van der Waals surface area contributed by atoms with Gasteiger partial charge in [0, 0.05) is 73.4 Å². The number of likely N-dealkylation sites (N-methyl/N-ethyl adjacent to an activating group) is 1. The number of rotatable bonds is 5. The molecular weight excluding hydrogens is 454 g/mol. The van der Waals surface area contributed by atoms with Crippen molar-refractivity contribution in [3.63, 3.8) is 0 Å². The van der Waals surface area contributed by atoms with Crippen molar-refractivity contribution in [1.29, 1.82) is 0 Å². The molecule has 4 aromatic rings. The Morgan fingerprint density at radius 1 is 1.06 bits per heavy atom. The van der Waals surface area contributed by atoms with E-state index >= 15 is 0 Å². The highest BCUT2D eigenvalue weighted by Crippen LogP contribution is 2.29. The molecule has 1 fully saturated rings. The predicted octanol–water partition coefficient (Wildman–Crippen LogP) is 3.15. The molecule has 0 unspecified atom stereocenters. The Labute approximate surface area is 209 Å². The van der Waals surface area contributed by atoms with E-state index in [0.717, 1.165) is 29.6 Å². The van der Waals surface area contributed by atoms with Crippen LogP contribution in [-0.2, 0) is 7.05 Å². The number of hydrogen-bond acceptors (Lipinski definition) is 7. The number of aromatic nitrogens is 4. The van der Waals surface area contributed by atoms with Gasteiger partial charge in [0.2, 0.25) is 5.95 Å². The van der Waals surface area contributed by atoms with Crippen LogP contribution in [-0.4, -0.2) is 75.8 Å². The first-order valence-corrected chi connectivity index (χ1v) is 11.6. The zero-order valence-electron chi connectivity index (χ0n) is 20.5. The molecule has 3 heterocycles. The van der Waals surface area contributed by atoms with Crippen LogP contribution in [0.1, 0.15) is 15.9 Å². The van der Waals surface area contributed by atoms with Crippen LogP contribution in [0.4, 0.5) is 11.6 Å². The molecule has 0 saturated carbocycles. The van der Waals surface area contributed by atoms with Gasteiger partial charge in [0.25, 0.3) is 5.91 Å². The van der Waals surface area contributed by atoms with Gasteiger partial charge in [-0.05, 0) is 42.9 Å². The minimum atomic E-state index is -0.000182. The summed E-state index contributed by atoms with van der Waals surface area (Å²) in [6.07, 6.45) is 11.0. The maximum absolute atomic E-state index is 13.4. The summed E-state index contributed by atoms with van der Waals surface area (Å²) >= 11 is 0. The molecule has 1 aliphatic heterocycles. The molecule has 1 saturated heterocycles. The lowest BCUT2D eigenvalue weighted by atomic mass is 10.0. The average Bonchev–Trinajstić information content (AvgIpc) is 3.34. The van der Waals surface area contributed by atoms with Gasteiger partial charge in [0.1, 0.15) is 11.3 Å². The van der Waals surface area contributed by atoms with Crippen molar-refractivity contribution >= 4 is 28.4 Å². The monoisotopic (exact) mass is 481 g/mol. The highest BCUT2D eigenvalue weighted by molar-refractivity contribution is 5.97.